The molecule has 1 atom stereocenters. The van der Waals surface area contributed by atoms with Crippen LogP contribution in [0.3, 0.4) is 0 Å². The van der Waals surface area contributed by atoms with Crippen molar-refractivity contribution in [3.63, 3.8) is 0 Å². The van der Waals surface area contributed by atoms with E-state index in [1.807, 2.05) is 27.7 Å². The van der Waals surface area contributed by atoms with Gasteiger partial charge in [-0.25, -0.2) is 4.79 Å². The van der Waals surface area contributed by atoms with Crippen LogP contribution in [-0.4, -0.2) is 28.2 Å². The first-order valence-electron chi connectivity index (χ1n) is 6.73. The number of carboxylic acid groups (broad SMARTS) is 1. The molecule has 1 heterocycles. The highest BCUT2D eigenvalue weighted by molar-refractivity contribution is 5.98. The number of aryl methyl sites for hydroxylation is 1. The molecule has 2 N–H and O–H groups in total. The summed E-state index contributed by atoms with van der Waals surface area (Å²) in [6.07, 6.45) is 0.377. The van der Waals surface area contributed by atoms with Crippen LogP contribution in [0.2, 0.25) is 0 Å². The fourth-order valence-corrected chi connectivity index (χ4v) is 1.98. The van der Waals surface area contributed by atoms with Gasteiger partial charge in [0, 0.05) is 5.92 Å². The molecular formula is C14H22N2O4. The maximum absolute atomic E-state index is 12.3. The highest BCUT2D eigenvalue weighted by Crippen LogP contribution is 2.22. The zero-order chi connectivity index (χ0) is 15.4. The number of carbonyl (C=O) groups is 2. The van der Waals surface area contributed by atoms with Gasteiger partial charge in [0.1, 0.15) is 11.6 Å². The van der Waals surface area contributed by atoms with Crippen LogP contribution in [0, 0.1) is 12.8 Å². The molecule has 0 aliphatic heterocycles. The molecule has 0 saturated heterocycles. The van der Waals surface area contributed by atoms with Gasteiger partial charge in [-0.15, -0.1) is 0 Å². The van der Waals surface area contributed by atoms with Gasteiger partial charge in [0.15, 0.2) is 5.76 Å². The SMILES string of the molecule is Cc1noc(C(C)C)c1C(=O)N[C@H](CC(C)C)C(=O)O. The minimum absolute atomic E-state index is 0.00493. The van der Waals surface area contributed by atoms with Crippen molar-refractivity contribution in [1.29, 1.82) is 0 Å². The molecule has 6 nitrogen and oxygen atoms in total. The minimum Gasteiger partial charge on any atom is -0.480 e. The first kappa shape index (κ1) is 16.2. The molecule has 0 unspecified atom stereocenters. The lowest BCUT2D eigenvalue weighted by atomic mass is 10.0. The van der Waals surface area contributed by atoms with E-state index in [1.54, 1.807) is 6.92 Å². The fourth-order valence-electron chi connectivity index (χ4n) is 1.98. The van der Waals surface area contributed by atoms with E-state index in [4.69, 9.17) is 9.63 Å². The van der Waals surface area contributed by atoms with E-state index in [2.05, 4.69) is 10.5 Å². The lowest BCUT2D eigenvalue weighted by Crippen LogP contribution is -2.42. The molecule has 0 saturated carbocycles. The molecule has 1 aromatic rings. The Morgan fingerprint density at radius 3 is 2.35 bits per heavy atom. The summed E-state index contributed by atoms with van der Waals surface area (Å²) in [4.78, 5) is 23.5. The van der Waals surface area contributed by atoms with Crippen molar-refractivity contribution in [3.8, 4) is 0 Å². The van der Waals surface area contributed by atoms with E-state index in [0.29, 0.717) is 23.4 Å². The van der Waals surface area contributed by atoms with Crippen LogP contribution >= 0.6 is 0 Å². The zero-order valence-corrected chi connectivity index (χ0v) is 12.6. The molecule has 0 aliphatic carbocycles. The van der Waals surface area contributed by atoms with E-state index in [-0.39, 0.29) is 11.8 Å². The lowest BCUT2D eigenvalue weighted by molar-refractivity contribution is -0.139. The third-order valence-electron chi connectivity index (χ3n) is 2.95. The molecule has 6 heteroatoms. The second-order valence-electron chi connectivity index (χ2n) is 5.66. The second kappa shape index (κ2) is 6.54. The van der Waals surface area contributed by atoms with Gasteiger partial charge in [-0.1, -0.05) is 32.9 Å². The molecule has 0 radical (unpaired) electrons. The molecule has 1 amide bonds. The molecule has 0 spiro atoms. The minimum atomic E-state index is -1.03. The summed E-state index contributed by atoms with van der Waals surface area (Å²) in [6, 6.07) is -0.906. The molecule has 1 aromatic heterocycles. The summed E-state index contributed by atoms with van der Waals surface area (Å²) in [5.74, 6) is -0.823. The van der Waals surface area contributed by atoms with Crippen LogP contribution < -0.4 is 5.32 Å². The van der Waals surface area contributed by atoms with Gasteiger partial charge in [-0.2, -0.15) is 0 Å². The fraction of sp³-hybridized carbons (Fsp3) is 0.643. The monoisotopic (exact) mass is 282 g/mol. The Labute approximate surface area is 118 Å². The standard InChI is InChI=1S/C14H22N2O4/c1-7(2)6-10(14(18)19)15-13(17)11-9(5)16-20-12(11)8(3)4/h7-8,10H,6H2,1-5H3,(H,15,17)(H,18,19)/t10-/m1/s1. The summed E-state index contributed by atoms with van der Waals surface area (Å²) >= 11 is 0. The molecule has 1 rings (SSSR count). The Bertz CT molecular complexity index is 491. The third kappa shape index (κ3) is 3.82. The summed E-state index contributed by atoms with van der Waals surface area (Å²) in [6.45, 7) is 9.26. The predicted molar refractivity (Wildman–Crippen MR) is 73.7 cm³/mol. The Hall–Kier alpha value is -1.85. The van der Waals surface area contributed by atoms with E-state index in [9.17, 15) is 9.59 Å². The maximum atomic E-state index is 12.3. The number of hydrogen-bond acceptors (Lipinski definition) is 4. The number of aromatic nitrogens is 1. The van der Waals surface area contributed by atoms with Gasteiger partial charge in [0.25, 0.3) is 5.91 Å². The average molecular weight is 282 g/mol. The smallest absolute Gasteiger partial charge is 0.326 e. The van der Waals surface area contributed by atoms with Crippen LogP contribution in [-0.2, 0) is 4.79 Å². The number of amides is 1. The van der Waals surface area contributed by atoms with Crippen molar-refractivity contribution in [2.75, 3.05) is 0 Å². The Morgan fingerprint density at radius 1 is 1.30 bits per heavy atom. The molecule has 20 heavy (non-hydrogen) atoms. The molecule has 0 aromatic carbocycles. The number of carbonyl (C=O) groups excluding carboxylic acids is 1. The Kier molecular flexibility index (Phi) is 5.30. The number of hydrogen-bond donors (Lipinski definition) is 2. The van der Waals surface area contributed by atoms with Crippen molar-refractivity contribution in [2.24, 2.45) is 5.92 Å². The quantitative estimate of drug-likeness (QED) is 0.835. The van der Waals surface area contributed by atoms with Crippen LogP contribution in [0.1, 0.15) is 61.8 Å². The van der Waals surface area contributed by atoms with Gasteiger partial charge in [-0.05, 0) is 19.3 Å². The van der Waals surface area contributed by atoms with Crippen LogP contribution in [0.5, 0.6) is 0 Å². The van der Waals surface area contributed by atoms with Gasteiger partial charge < -0.3 is 14.9 Å². The second-order valence-corrected chi connectivity index (χ2v) is 5.66. The average Bonchev–Trinajstić information content (AvgIpc) is 2.69. The summed E-state index contributed by atoms with van der Waals surface area (Å²) < 4.78 is 5.14. The van der Waals surface area contributed by atoms with Crippen molar-refractivity contribution in [3.05, 3.63) is 17.0 Å². The van der Waals surface area contributed by atoms with Gasteiger partial charge in [0.2, 0.25) is 0 Å². The van der Waals surface area contributed by atoms with E-state index in [1.165, 1.54) is 0 Å². The van der Waals surface area contributed by atoms with Gasteiger partial charge >= 0.3 is 5.97 Å². The highest BCUT2D eigenvalue weighted by atomic mass is 16.5. The van der Waals surface area contributed by atoms with Gasteiger partial charge in [0.05, 0.1) is 5.69 Å². The molecular weight excluding hydrogens is 260 g/mol. The number of rotatable bonds is 6. The molecule has 0 fully saturated rings. The normalized spacial score (nSPS) is 12.8. The highest BCUT2D eigenvalue weighted by Gasteiger charge is 2.27. The van der Waals surface area contributed by atoms with E-state index >= 15 is 0 Å². The van der Waals surface area contributed by atoms with Crippen LogP contribution in [0.25, 0.3) is 0 Å². The lowest BCUT2D eigenvalue weighted by Gasteiger charge is -2.16. The Balaban J connectivity index is 2.95. The van der Waals surface area contributed by atoms with Crippen molar-refractivity contribution < 1.29 is 19.2 Å². The number of aliphatic carboxylic acids is 1. The van der Waals surface area contributed by atoms with Crippen molar-refractivity contribution >= 4 is 11.9 Å². The molecule has 112 valence electrons. The van der Waals surface area contributed by atoms with E-state index < -0.39 is 17.9 Å². The van der Waals surface area contributed by atoms with Crippen molar-refractivity contribution in [2.45, 2.75) is 53.0 Å². The predicted octanol–water partition coefficient (Wildman–Crippen LogP) is 2.34. The number of nitrogens with zero attached hydrogens (tertiary/aromatic N) is 1. The van der Waals surface area contributed by atoms with Crippen LogP contribution in [0.15, 0.2) is 4.52 Å². The maximum Gasteiger partial charge on any atom is 0.326 e. The molecule has 0 bridgehead atoms. The largest absolute Gasteiger partial charge is 0.480 e. The van der Waals surface area contributed by atoms with Crippen LogP contribution in [0.4, 0.5) is 0 Å². The Morgan fingerprint density at radius 2 is 1.90 bits per heavy atom. The summed E-state index contributed by atoms with van der Waals surface area (Å²) in [5.41, 5.74) is 0.815. The van der Waals surface area contributed by atoms with Gasteiger partial charge in [-0.3, -0.25) is 4.79 Å². The summed E-state index contributed by atoms with van der Waals surface area (Å²) in [7, 11) is 0. The topological polar surface area (TPSA) is 92.4 Å². The first-order chi connectivity index (χ1) is 9.23. The molecule has 0 aliphatic rings. The van der Waals surface area contributed by atoms with E-state index in [0.717, 1.165) is 0 Å². The summed E-state index contributed by atoms with van der Waals surface area (Å²) in [5, 5.41) is 15.5. The zero-order valence-electron chi connectivity index (χ0n) is 12.6. The third-order valence-corrected chi connectivity index (χ3v) is 2.95. The first-order valence-corrected chi connectivity index (χ1v) is 6.73. The van der Waals surface area contributed by atoms with Crippen molar-refractivity contribution in [1.82, 2.24) is 10.5 Å². The number of carboxylic acids is 1. The number of nitrogens with one attached hydrogen (secondary N) is 1.